The minimum atomic E-state index is -3.53. The zero-order chi connectivity index (χ0) is 14.5. The minimum absolute atomic E-state index is 0.123. The van der Waals surface area contributed by atoms with Crippen LogP contribution >= 0.6 is 11.8 Å². The molecule has 1 aromatic rings. The van der Waals surface area contributed by atoms with E-state index in [1.54, 1.807) is 30.0 Å². The molecule has 0 aromatic heterocycles. The molecule has 0 bridgehead atoms. The van der Waals surface area contributed by atoms with Gasteiger partial charge in [0.15, 0.2) is 0 Å². The first-order chi connectivity index (χ1) is 8.94. The van der Waals surface area contributed by atoms with Gasteiger partial charge in [0.05, 0.1) is 11.5 Å². The SMILES string of the molecule is CCc1ccc(CO)cc1S(=O)(=O)NC(C)CSC. The summed E-state index contributed by atoms with van der Waals surface area (Å²) in [4.78, 5) is 0.273. The van der Waals surface area contributed by atoms with Crippen LogP contribution in [0.2, 0.25) is 0 Å². The molecule has 0 fully saturated rings. The number of benzene rings is 1. The Morgan fingerprint density at radius 1 is 1.42 bits per heavy atom. The Morgan fingerprint density at radius 2 is 2.11 bits per heavy atom. The van der Waals surface area contributed by atoms with Gasteiger partial charge >= 0.3 is 0 Å². The summed E-state index contributed by atoms with van der Waals surface area (Å²) in [6, 6.07) is 4.94. The van der Waals surface area contributed by atoms with Crippen molar-refractivity contribution in [2.75, 3.05) is 12.0 Å². The second kappa shape index (κ2) is 7.28. The second-order valence-corrected chi connectivity index (χ2v) is 7.02. The van der Waals surface area contributed by atoms with E-state index in [0.717, 1.165) is 11.3 Å². The summed E-state index contributed by atoms with van der Waals surface area (Å²) in [5.74, 6) is 0.723. The highest BCUT2D eigenvalue weighted by atomic mass is 32.2. The average molecular weight is 303 g/mol. The van der Waals surface area contributed by atoms with E-state index in [1.807, 2.05) is 20.1 Å². The van der Waals surface area contributed by atoms with E-state index in [2.05, 4.69) is 4.72 Å². The Labute approximate surface area is 119 Å². The fraction of sp³-hybridized carbons (Fsp3) is 0.538. The van der Waals surface area contributed by atoms with Gasteiger partial charge in [-0.15, -0.1) is 0 Å². The Balaban J connectivity index is 3.11. The smallest absolute Gasteiger partial charge is 0.241 e. The molecular formula is C13H21NO3S2. The summed E-state index contributed by atoms with van der Waals surface area (Å²) in [5, 5.41) is 9.14. The van der Waals surface area contributed by atoms with Crippen LogP contribution in [0.15, 0.2) is 23.1 Å². The van der Waals surface area contributed by atoms with Gasteiger partial charge in [0.1, 0.15) is 0 Å². The zero-order valence-electron chi connectivity index (χ0n) is 11.5. The third-order valence-corrected chi connectivity index (χ3v) is 5.26. The first-order valence-corrected chi connectivity index (χ1v) is 9.06. The number of sulfonamides is 1. The monoisotopic (exact) mass is 303 g/mol. The van der Waals surface area contributed by atoms with Crippen molar-refractivity contribution in [2.45, 2.75) is 37.8 Å². The maximum atomic E-state index is 12.4. The molecule has 2 N–H and O–H groups in total. The van der Waals surface area contributed by atoms with Crippen LogP contribution in [0.5, 0.6) is 0 Å². The van der Waals surface area contributed by atoms with Crippen LogP contribution < -0.4 is 4.72 Å². The lowest BCUT2D eigenvalue weighted by Crippen LogP contribution is -2.34. The fourth-order valence-corrected chi connectivity index (χ4v) is 4.14. The number of hydrogen-bond acceptors (Lipinski definition) is 4. The van der Waals surface area contributed by atoms with Crippen molar-refractivity contribution in [1.29, 1.82) is 0 Å². The summed E-state index contributed by atoms with van der Waals surface area (Å²) in [6.45, 7) is 3.60. The Morgan fingerprint density at radius 3 is 2.63 bits per heavy atom. The molecule has 1 unspecified atom stereocenters. The molecule has 0 radical (unpaired) electrons. The molecule has 0 aliphatic carbocycles. The predicted molar refractivity (Wildman–Crippen MR) is 79.9 cm³/mol. The molecule has 0 spiro atoms. The molecule has 1 rings (SSSR count). The van der Waals surface area contributed by atoms with Crippen LogP contribution in [0.4, 0.5) is 0 Å². The molecule has 0 aliphatic rings. The molecule has 19 heavy (non-hydrogen) atoms. The van der Waals surface area contributed by atoms with Crippen molar-refractivity contribution >= 4 is 21.8 Å². The first-order valence-electron chi connectivity index (χ1n) is 6.18. The third-order valence-electron chi connectivity index (χ3n) is 2.76. The van der Waals surface area contributed by atoms with Crippen LogP contribution in [0.3, 0.4) is 0 Å². The number of nitrogens with one attached hydrogen (secondary N) is 1. The van der Waals surface area contributed by atoms with Crippen molar-refractivity contribution in [2.24, 2.45) is 0 Å². The molecule has 1 aromatic carbocycles. The lowest BCUT2D eigenvalue weighted by atomic mass is 10.1. The number of hydrogen-bond donors (Lipinski definition) is 2. The normalized spacial score (nSPS) is 13.5. The first kappa shape index (κ1) is 16.5. The quantitative estimate of drug-likeness (QED) is 0.805. The lowest BCUT2D eigenvalue weighted by Gasteiger charge is -2.16. The molecule has 1 atom stereocenters. The van der Waals surface area contributed by atoms with Crippen LogP contribution in [0, 0.1) is 0 Å². The van der Waals surface area contributed by atoms with E-state index < -0.39 is 10.0 Å². The summed E-state index contributed by atoms with van der Waals surface area (Å²) >= 11 is 1.60. The molecule has 0 heterocycles. The van der Waals surface area contributed by atoms with E-state index in [4.69, 9.17) is 5.11 Å². The number of thioether (sulfide) groups is 1. The molecule has 108 valence electrons. The van der Waals surface area contributed by atoms with Crippen LogP contribution in [-0.2, 0) is 23.1 Å². The lowest BCUT2D eigenvalue weighted by molar-refractivity contribution is 0.281. The largest absolute Gasteiger partial charge is 0.392 e. The molecular weight excluding hydrogens is 282 g/mol. The van der Waals surface area contributed by atoms with Gasteiger partial charge in [0.25, 0.3) is 0 Å². The van der Waals surface area contributed by atoms with Crippen LogP contribution in [0.1, 0.15) is 25.0 Å². The molecule has 0 saturated heterocycles. The summed E-state index contributed by atoms with van der Waals surface area (Å²) < 4.78 is 27.4. The van der Waals surface area contributed by atoms with Crippen molar-refractivity contribution < 1.29 is 13.5 Å². The number of aliphatic hydroxyl groups is 1. The van der Waals surface area contributed by atoms with Gasteiger partial charge in [0, 0.05) is 11.8 Å². The molecule has 0 amide bonds. The van der Waals surface area contributed by atoms with Gasteiger partial charge in [0.2, 0.25) is 10.0 Å². The van der Waals surface area contributed by atoms with Crippen molar-refractivity contribution in [1.82, 2.24) is 4.72 Å². The van der Waals surface area contributed by atoms with Crippen molar-refractivity contribution in [3.8, 4) is 0 Å². The van der Waals surface area contributed by atoms with Gasteiger partial charge in [-0.1, -0.05) is 19.1 Å². The van der Waals surface area contributed by atoms with Crippen molar-refractivity contribution in [3.63, 3.8) is 0 Å². The van der Waals surface area contributed by atoms with Crippen LogP contribution in [-0.4, -0.2) is 31.6 Å². The van der Waals surface area contributed by atoms with Gasteiger partial charge in [-0.2, -0.15) is 11.8 Å². The third kappa shape index (κ3) is 4.49. The summed E-state index contributed by atoms with van der Waals surface area (Å²) in [6.07, 6.45) is 2.58. The highest BCUT2D eigenvalue weighted by Crippen LogP contribution is 2.19. The minimum Gasteiger partial charge on any atom is -0.392 e. The maximum Gasteiger partial charge on any atom is 0.241 e. The highest BCUT2D eigenvalue weighted by molar-refractivity contribution is 7.98. The number of aryl methyl sites for hydroxylation is 1. The highest BCUT2D eigenvalue weighted by Gasteiger charge is 2.20. The molecule has 6 heteroatoms. The fourth-order valence-electron chi connectivity index (χ4n) is 1.85. The molecule has 0 aliphatic heterocycles. The number of rotatable bonds is 7. The average Bonchev–Trinajstić information content (AvgIpc) is 2.37. The van der Waals surface area contributed by atoms with Gasteiger partial charge in [-0.3, -0.25) is 0 Å². The maximum absolute atomic E-state index is 12.4. The van der Waals surface area contributed by atoms with Gasteiger partial charge in [-0.25, -0.2) is 13.1 Å². The van der Waals surface area contributed by atoms with E-state index >= 15 is 0 Å². The summed E-state index contributed by atoms with van der Waals surface area (Å²) in [5.41, 5.74) is 1.37. The van der Waals surface area contributed by atoms with Gasteiger partial charge < -0.3 is 5.11 Å². The molecule has 4 nitrogen and oxygen atoms in total. The Kier molecular flexibility index (Phi) is 6.32. The van der Waals surface area contributed by atoms with E-state index in [-0.39, 0.29) is 17.5 Å². The standard InChI is InChI=1S/C13H21NO3S2/c1-4-12-6-5-11(8-15)7-13(12)19(16,17)14-10(2)9-18-3/h5-7,10,14-15H,4,8-9H2,1-3H3. The Hall–Kier alpha value is -0.560. The summed E-state index contributed by atoms with van der Waals surface area (Å²) in [7, 11) is -3.53. The van der Waals surface area contributed by atoms with E-state index in [9.17, 15) is 8.42 Å². The van der Waals surface area contributed by atoms with E-state index in [0.29, 0.717) is 12.0 Å². The molecule has 0 saturated carbocycles. The zero-order valence-corrected chi connectivity index (χ0v) is 13.1. The van der Waals surface area contributed by atoms with E-state index in [1.165, 1.54) is 0 Å². The van der Waals surface area contributed by atoms with Gasteiger partial charge in [-0.05, 0) is 36.8 Å². The van der Waals surface area contributed by atoms with Crippen molar-refractivity contribution in [3.05, 3.63) is 29.3 Å². The second-order valence-electron chi connectivity index (χ2n) is 4.43. The van der Waals surface area contributed by atoms with Crippen LogP contribution in [0.25, 0.3) is 0 Å². The number of aliphatic hydroxyl groups excluding tert-OH is 1. The predicted octanol–water partition coefficient (Wildman–Crippen LogP) is 1.77. The topological polar surface area (TPSA) is 66.4 Å². The Bertz CT molecular complexity index is 515.